The normalized spacial score (nSPS) is 19.0. The van der Waals surface area contributed by atoms with Crippen LogP contribution < -0.4 is 21.0 Å². The van der Waals surface area contributed by atoms with E-state index in [0.29, 0.717) is 27.6 Å². The molecule has 1 amide bonds. The van der Waals surface area contributed by atoms with Gasteiger partial charge in [-0.05, 0) is 31.0 Å². The van der Waals surface area contributed by atoms with Crippen molar-refractivity contribution in [1.82, 2.24) is 14.5 Å². The average Bonchev–Trinajstić information content (AvgIpc) is 2.79. The number of nitrogens with zero attached hydrogens (tertiary/aromatic N) is 4. The number of likely N-dealkylation sites (N-methyl/N-ethyl adjacent to an activating group) is 1. The molecule has 1 heterocycles. The summed E-state index contributed by atoms with van der Waals surface area (Å²) in [5, 5.41) is 14.1. The topological polar surface area (TPSA) is 138 Å². The van der Waals surface area contributed by atoms with Gasteiger partial charge in [-0.1, -0.05) is 12.5 Å². The number of hydrazone groups is 1. The second-order valence-corrected chi connectivity index (χ2v) is 8.22. The van der Waals surface area contributed by atoms with Gasteiger partial charge in [0.1, 0.15) is 17.7 Å². The predicted octanol–water partition coefficient (Wildman–Crippen LogP) is 2.89. The van der Waals surface area contributed by atoms with Crippen molar-refractivity contribution in [2.45, 2.75) is 37.8 Å². The number of hydrogen-bond donors (Lipinski definition) is 4. The van der Waals surface area contributed by atoms with Crippen LogP contribution in [0.25, 0.3) is 0 Å². The van der Waals surface area contributed by atoms with Gasteiger partial charge in [-0.2, -0.15) is 15.1 Å². The average molecular weight is 440 g/mol. The molecular weight excluding hydrogens is 408 g/mol. The lowest BCUT2D eigenvalue weighted by Gasteiger charge is -2.41. The van der Waals surface area contributed by atoms with Crippen LogP contribution in [-0.2, 0) is 4.74 Å². The third kappa shape index (κ3) is 5.27. The van der Waals surface area contributed by atoms with Gasteiger partial charge in [-0.25, -0.2) is 0 Å². The highest BCUT2D eigenvalue weighted by molar-refractivity contribution is 6.14. The predicted molar refractivity (Wildman–Crippen MR) is 128 cm³/mol. The number of primary amides is 1. The fourth-order valence-corrected chi connectivity index (χ4v) is 4.12. The molecule has 10 heteroatoms. The number of carbonyl (C=O) groups excluding carboxylic acids is 1. The van der Waals surface area contributed by atoms with Crippen LogP contribution >= 0.6 is 0 Å². The Morgan fingerprint density at radius 1 is 1.31 bits per heavy atom. The Morgan fingerprint density at radius 2 is 2.06 bits per heavy atom. The van der Waals surface area contributed by atoms with Crippen LogP contribution in [0.1, 0.15) is 36.0 Å². The molecule has 10 nitrogen and oxygen atoms in total. The van der Waals surface area contributed by atoms with Crippen molar-refractivity contribution in [2.75, 3.05) is 31.9 Å². The van der Waals surface area contributed by atoms with E-state index in [1.165, 1.54) is 12.4 Å². The molecule has 0 radical (unpaired) electrons. The monoisotopic (exact) mass is 439 g/mol. The highest BCUT2D eigenvalue weighted by Crippen LogP contribution is 2.32. The molecule has 0 spiro atoms. The minimum atomic E-state index is -0.610. The van der Waals surface area contributed by atoms with Gasteiger partial charge < -0.3 is 21.2 Å². The lowest BCUT2D eigenvalue weighted by molar-refractivity contribution is 0.00638. The molecule has 1 saturated carbocycles. The van der Waals surface area contributed by atoms with Crippen molar-refractivity contribution in [3.8, 4) is 0 Å². The molecule has 0 bridgehead atoms. The first kappa shape index (κ1) is 23.3. The van der Waals surface area contributed by atoms with E-state index in [-0.39, 0.29) is 17.7 Å². The largest absolute Gasteiger partial charge is 0.375 e. The number of amides is 1. The molecule has 2 atom stereocenters. The van der Waals surface area contributed by atoms with E-state index in [1.54, 1.807) is 7.11 Å². The zero-order chi connectivity index (χ0) is 23.1. The van der Waals surface area contributed by atoms with Gasteiger partial charge in [0.05, 0.1) is 32.2 Å². The summed E-state index contributed by atoms with van der Waals surface area (Å²) in [6, 6.07) is 7.54. The highest BCUT2D eigenvalue weighted by atomic mass is 16.5. The molecule has 0 saturated heterocycles. The number of methoxy groups -OCH3 is 1. The van der Waals surface area contributed by atoms with Crippen molar-refractivity contribution in [3.63, 3.8) is 0 Å². The lowest BCUT2D eigenvalue weighted by Crippen LogP contribution is -2.58. The molecule has 5 N–H and O–H groups in total. The van der Waals surface area contributed by atoms with Crippen LogP contribution in [0.2, 0.25) is 0 Å². The highest BCUT2D eigenvalue weighted by Gasteiger charge is 2.41. The van der Waals surface area contributed by atoms with E-state index in [4.69, 9.17) is 20.9 Å². The van der Waals surface area contributed by atoms with Crippen LogP contribution in [0.15, 0.2) is 35.6 Å². The molecular formula is C22H31N8O2+. The second-order valence-electron chi connectivity index (χ2n) is 8.22. The fourth-order valence-electron chi connectivity index (χ4n) is 4.12. The number of aromatic nitrogens is 2. The van der Waals surface area contributed by atoms with E-state index < -0.39 is 5.91 Å². The molecule has 32 heavy (non-hydrogen) atoms. The summed E-state index contributed by atoms with van der Waals surface area (Å²) in [5.41, 5.74) is 10.0. The number of quaternary nitrogens is 1. The number of anilines is 3. The number of nitrogens with one attached hydrogen (secondary N) is 3. The van der Waals surface area contributed by atoms with Crippen LogP contribution in [0.5, 0.6) is 0 Å². The summed E-state index contributed by atoms with van der Waals surface area (Å²) in [4.78, 5) is 21.3. The smallest absolute Gasteiger partial charge is 0.330 e. The van der Waals surface area contributed by atoms with Crippen molar-refractivity contribution in [3.05, 3.63) is 36.0 Å². The number of ether oxygens (including phenoxy) is 1. The number of carbonyl (C=O) groups is 1. The van der Waals surface area contributed by atoms with E-state index in [1.807, 2.05) is 24.3 Å². The van der Waals surface area contributed by atoms with Gasteiger partial charge >= 0.3 is 5.95 Å². The minimum absolute atomic E-state index is 0.124. The van der Waals surface area contributed by atoms with Crippen molar-refractivity contribution < 1.29 is 9.53 Å². The minimum Gasteiger partial charge on any atom is -0.375 e. The van der Waals surface area contributed by atoms with Gasteiger partial charge in [0, 0.05) is 25.4 Å². The Morgan fingerprint density at radius 3 is 2.78 bits per heavy atom. The van der Waals surface area contributed by atoms with E-state index in [0.717, 1.165) is 31.9 Å². The molecule has 1 aromatic heterocycles. The van der Waals surface area contributed by atoms with Crippen LogP contribution in [-0.4, -0.2) is 61.7 Å². The number of benzene rings is 1. The van der Waals surface area contributed by atoms with Gasteiger partial charge in [-0.15, -0.1) is 0 Å². The van der Waals surface area contributed by atoms with E-state index in [2.05, 4.69) is 34.9 Å². The van der Waals surface area contributed by atoms with Crippen LogP contribution in [0.4, 0.5) is 23.1 Å². The molecule has 2 aromatic rings. The first-order valence-corrected chi connectivity index (χ1v) is 10.6. The molecule has 0 aliphatic heterocycles. The lowest BCUT2D eigenvalue weighted by atomic mass is 9.90. The maximum Gasteiger partial charge on any atom is 0.330 e. The first-order chi connectivity index (χ1) is 15.4. The molecule has 1 aliphatic rings. The van der Waals surface area contributed by atoms with Crippen LogP contribution in [0, 0.1) is 5.41 Å². The summed E-state index contributed by atoms with van der Waals surface area (Å²) >= 11 is 0. The summed E-state index contributed by atoms with van der Waals surface area (Å²) in [5.74, 6) is 0.316. The molecule has 170 valence electrons. The SMILES string of the molecule is COC1CCCCC1[N+](C)(C)c1ncc(C(N)=O)c(Nc2cccc(NN=CC=N)c2)n1. The summed E-state index contributed by atoms with van der Waals surface area (Å²) < 4.78 is 6.20. The first-order valence-electron chi connectivity index (χ1n) is 10.6. The van der Waals surface area contributed by atoms with Crippen molar-refractivity contribution in [1.29, 1.82) is 5.41 Å². The maximum atomic E-state index is 12.0. The quantitative estimate of drug-likeness (QED) is 0.269. The number of hydrogen-bond acceptors (Lipinski definition) is 8. The van der Waals surface area contributed by atoms with Gasteiger partial charge in [0.25, 0.3) is 5.91 Å². The Balaban J connectivity index is 1.93. The molecule has 1 aromatic carbocycles. The van der Waals surface area contributed by atoms with Crippen molar-refractivity contribution >= 4 is 41.5 Å². The molecule has 2 unspecified atom stereocenters. The third-order valence-electron chi connectivity index (χ3n) is 5.82. The summed E-state index contributed by atoms with van der Waals surface area (Å²) in [6.45, 7) is 0. The zero-order valence-corrected chi connectivity index (χ0v) is 18.7. The number of nitrogens with two attached hydrogens (primary N) is 1. The third-order valence-corrected chi connectivity index (χ3v) is 5.82. The summed E-state index contributed by atoms with van der Waals surface area (Å²) in [6.07, 6.45) is 8.33. The Hall–Kier alpha value is -3.37. The Bertz CT molecular complexity index is 992. The molecule has 1 fully saturated rings. The zero-order valence-electron chi connectivity index (χ0n) is 18.7. The Kier molecular flexibility index (Phi) is 7.49. The standard InChI is InChI=1S/C22H30N8O2/c1-30(2,18-9-4-5-10-19(18)32-3)22-25-14-17(20(24)31)21(28-22)27-15-7-6-8-16(13-15)29-26-12-11-23/h6-8,11-14,18-19H,4-5,9-10H2,1-3H3,(H4-,23,24,25,27,28,29,31)/p+1. The Labute approximate surface area is 188 Å². The van der Waals surface area contributed by atoms with Crippen LogP contribution in [0.3, 0.4) is 0 Å². The summed E-state index contributed by atoms with van der Waals surface area (Å²) in [7, 11) is 5.88. The van der Waals surface area contributed by atoms with Crippen molar-refractivity contribution in [2.24, 2.45) is 10.8 Å². The fraction of sp³-hybridized carbons (Fsp3) is 0.409. The van der Waals surface area contributed by atoms with Gasteiger partial charge in [0.15, 0.2) is 5.82 Å². The van der Waals surface area contributed by atoms with Gasteiger partial charge in [-0.3, -0.25) is 14.7 Å². The molecule has 3 rings (SSSR count). The number of rotatable bonds is 9. The van der Waals surface area contributed by atoms with E-state index in [9.17, 15) is 4.79 Å². The maximum absolute atomic E-state index is 12.0. The second kappa shape index (κ2) is 10.3. The van der Waals surface area contributed by atoms with Gasteiger partial charge in [0.2, 0.25) is 0 Å². The van der Waals surface area contributed by atoms with E-state index >= 15 is 0 Å². The molecule has 1 aliphatic carbocycles.